The maximum Gasteiger partial charge on any atom is 0.407 e. The van der Waals surface area contributed by atoms with Crippen molar-refractivity contribution in [3.05, 3.63) is 59.9 Å². The Bertz CT molecular complexity index is 867. The van der Waals surface area contributed by atoms with Gasteiger partial charge in [-0.3, -0.25) is 9.78 Å². The fourth-order valence-corrected chi connectivity index (χ4v) is 3.16. The molecule has 0 aliphatic heterocycles. The third-order valence-corrected chi connectivity index (χ3v) is 4.94. The molecular weight excluding hydrogens is 432 g/mol. The monoisotopic (exact) mass is 470 g/mol. The highest BCUT2D eigenvalue weighted by molar-refractivity contribution is 5.81. The minimum absolute atomic E-state index is 0.149. The van der Waals surface area contributed by atoms with Crippen LogP contribution in [0.5, 0.6) is 5.75 Å². The zero-order valence-electron chi connectivity index (χ0n) is 20.5. The predicted molar refractivity (Wildman–Crippen MR) is 132 cm³/mol. The molecule has 1 heterocycles. The van der Waals surface area contributed by atoms with Gasteiger partial charge in [0.25, 0.3) is 0 Å². The van der Waals surface area contributed by atoms with Gasteiger partial charge in [0, 0.05) is 25.5 Å². The highest BCUT2D eigenvalue weighted by Crippen LogP contribution is 2.15. The van der Waals surface area contributed by atoms with E-state index in [1.54, 1.807) is 12.4 Å². The molecule has 4 N–H and O–H groups in total. The van der Waals surface area contributed by atoms with Crippen LogP contribution in [0.1, 0.15) is 57.6 Å². The van der Waals surface area contributed by atoms with Gasteiger partial charge in [-0.15, -0.1) is 0 Å². The van der Waals surface area contributed by atoms with Crippen LogP contribution in [0.3, 0.4) is 0 Å². The number of hydrogen-bond donors (Lipinski definition) is 3. The van der Waals surface area contributed by atoms with Gasteiger partial charge in [0.15, 0.2) is 0 Å². The number of nitrogens with two attached hydrogens (primary N) is 1. The van der Waals surface area contributed by atoms with Gasteiger partial charge in [0.1, 0.15) is 18.0 Å². The molecule has 0 saturated carbocycles. The number of nitrogens with one attached hydrogen (secondary N) is 2. The lowest BCUT2D eigenvalue weighted by atomic mass is 10.1. The number of carbonyl (C=O) groups is 2. The quantitative estimate of drug-likeness (QED) is 0.384. The predicted octanol–water partition coefficient (Wildman–Crippen LogP) is 3.73. The molecule has 0 saturated heterocycles. The molecule has 0 unspecified atom stereocenters. The summed E-state index contributed by atoms with van der Waals surface area (Å²) in [5, 5.41) is 5.65. The van der Waals surface area contributed by atoms with E-state index in [-0.39, 0.29) is 12.0 Å². The van der Waals surface area contributed by atoms with Crippen LogP contribution in [-0.2, 0) is 22.6 Å². The molecule has 0 bridgehead atoms. The van der Waals surface area contributed by atoms with Crippen LogP contribution < -0.4 is 21.1 Å². The molecule has 2 aromatic rings. The summed E-state index contributed by atoms with van der Waals surface area (Å²) in [4.78, 5) is 27.8. The molecule has 0 fully saturated rings. The van der Waals surface area contributed by atoms with Crippen molar-refractivity contribution in [3.8, 4) is 5.75 Å². The number of benzene rings is 1. The first-order chi connectivity index (χ1) is 16.2. The number of unbranched alkanes of at least 4 members (excludes halogenated alkanes) is 3. The summed E-state index contributed by atoms with van der Waals surface area (Å²) in [6, 6.07) is 10.9. The van der Waals surface area contributed by atoms with Crippen LogP contribution in [0.15, 0.2) is 48.8 Å². The second-order valence-corrected chi connectivity index (χ2v) is 9.23. The van der Waals surface area contributed by atoms with Crippen molar-refractivity contribution in [1.29, 1.82) is 0 Å². The molecule has 34 heavy (non-hydrogen) atoms. The highest BCUT2D eigenvalue weighted by atomic mass is 16.6. The lowest BCUT2D eigenvalue weighted by molar-refractivity contribution is -0.122. The molecule has 1 aromatic carbocycles. The first kappa shape index (κ1) is 27.1. The van der Waals surface area contributed by atoms with Gasteiger partial charge in [-0.05, 0) is 75.4 Å². The van der Waals surface area contributed by atoms with E-state index in [0.717, 1.165) is 42.6 Å². The molecule has 0 aliphatic rings. The van der Waals surface area contributed by atoms with E-state index in [1.165, 1.54) is 0 Å². The highest BCUT2D eigenvalue weighted by Gasteiger charge is 2.15. The number of hydrogen-bond acceptors (Lipinski definition) is 6. The molecule has 8 heteroatoms. The van der Waals surface area contributed by atoms with Crippen LogP contribution in [0.4, 0.5) is 4.79 Å². The first-order valence-electron chi connectivity index (χ1n) is 11.8. The number of carbonyl (C=O) groups excluding carboxylic acids is 2. The summed E-state index contributed by atoms with van der Waals surface area (Å²) in [7, 11) is 0. The van der Waals surface area contributed by atoms with E-state index in [4.69, 9.17) is 15.2 Å². The van der Waals surface area contributed by atoms with Gasteiger partial charge >= 0.3 is 6.09 Å². The fourth-order valence-electron chi connectivity index (χ4n) is 3.16. The number of nitrogens with zero attached hydrogens (tertiary/aromatic N) is 1. The van der Waals surface area contributed by atoms with E-state index in [9.17, 15) is 9.59 Å². The van der Waals surface area contributed by atoms with E-state index >= 15 is 0 Å². The third-order valence-electron chi connectivity index (χ3n) is 4.94. The Morgan fingerprint density at radius 3 is 2.15 bits per heavy atom. The molecule has 0 radical (unpaired) electrons. The molecule has 0 aliphatic carbocycles. The number of aromatic nitrogens is 1. The van der Waals surface area contributed by atoms with Gasteiger partial charge in [-0.2, -0.15) is 0 Å². The van der Waals surface area contributed by atoms with Gasteiger partial charge in [-0.25, -0.2) is 4.79 Å². The van der Waals surface area contributed by atoms with Gasteiger partial charge < -0.3 is 25.8 Å². The average Bonchev–Trinajstić information content (AvgIpc) is 2.79. The van der Waals surface area contributed by atoms with E-state index in [0.29, 0.717) is 26.1 Å². The van der Waals surface area contributed by atoms with Crippen molar-refractivity contribution in [1.82, 2.24) is 15.6 Å². The van der Waals surface area contributed by atoms with Crippen molar-refractivity contribution in [2.45, 2.75) is 71.1 Å². The third kappa shape index (κ3) is 11.7. The molecule has 2 amide bonds. The number of rotatable bonds is 13. The number of ether oxygens (including phenoxy) is 2. The number of amides is 2. The lowest BCUT2D eigenvalue weighted by Gasteiger charge is -2.19. The maximum absolute atomic E-state index is 12.3. The normalized spacial score (nSPS) is 12.0. The number of alkyl carbamates (subject to hydrolysis) is 1. The molecule has 0 spiro atoms. The van der Waals surface area contributed by atoms with Crippen LogP contribution in [-0.4, -0.2) is 41.7 Å². The first-order valence-corrected chi connectivity index (χ1v) is 11.8. The summed E-state index contributed by atoms with van der Waals surface area (Å²) in [6.07, 6.45) is 7.22. The summed E-state index contributed by atoms with van der Waals surface area (Å²) < 4.78 is 11.0. The van der Waals surface area contributed by atoms with E-state index in [2.05, 4.69) is 15.6 Å². The Hall–Kier alpha value is -3.13. The SMILES string of the molecule is CC(C)(C)OC(=O)NCCCCCCNC(=O)[C@@H](N)Cc1ccc(OCc2ccncc2)cc1. The van der Waals surface area contributed by atoms with Crippen LogP contribution >= 0.6 is 0 Å². The Morgan fingerprint density at radius 2 is 1.53 bits per heavy atom. The summed E-state index contributed by atoms with van der Waals surface area (Å²) in [5.74, 6) is 0.615. The standard InChI is InChI=1S/C26H38N4O4/c1-26(2,3)34-25(32)30-15-7-5-4-6-14-29-24(31)23(27)18-20-8-10-22(11-9-20)33-19-21-12-16-28-17-13-21/h8-13,16-17,23H,4-7,14-15,18-19,27H2,1-3H3,(H,29,31)(H,30,32)/t23-/m0/s1. The second-order valence-electron chi connectivity index (χ2n) is 9.23. The Labute approximate surface area is 202 Å². The van der Waals surface area contributed by atoms with Crippen molar-refractivity contribution in [2.75, 3.05) is 13.1 Å². The lowest BCUT2D eigenvalue weighted by Crippen LogP contribution is -2.42. The van der Waals surface area contributed by atoms with Crippen LogP contribution in [0.25, 0.3) is 0 Å². The van der Waals surface area contributed by atoms with Crippen LogP contribution in [0, 0.1) is 0 Å². The van der Waals surface area contributed by atoms with Crippen molar-refractivity contribution in [2.24, 2.45) is 5.73 Å². The van der Waals surface area contributed by atoms with Gasteiger partial charge in [-0.1, -0.05) is 25.0 Å². The second kappa shape index (κ2) is 14.2. The van der Waals surface area contributed by atoms with Crippen molar-refractivity contribution >= 4 is 12.0 Å². The maximum atomic E-state index is 12.3. The Balaban J connectivity index is 1.54. The van der Waals surface area contributed by atoms with E-state index < -0.39 is 11.6 Å². The molecular formula is C26H38N4O4. The molecule has 1 aromatic heterocycles. The van der Waals surface area contributed by atoms with Gasteiger partial charge in [0.05, 0.1) is 6.04 Å². The van der Waals surface area contributed by atoms with Crippen LogP contribution in [0.2, 0.25) is 0 Å². The minimum atomic E-state index is -0.596. The zero-order valence-corrected chi connectivity index (χ0v) is 20.5. The minimum Gasteiger partial charge on any atom is -0.489 e. The molecule has 186 valence electrons. The summed E-state index contributed by atoms with van der Waals surface area (Å²) in [5.41, 5.74) is 7.62. The van der Waals surface area contributed by atoms with Gasteiger partial charge in [0.2, 0.25) is 5.91 Å². The molecule has 8 nitrogen and oxygen atoms in total. The zero-order chi connectivity index (χ0) is 24.8. The van der Waals surface area contributed by atoms with E-state index in [1.807, 2.05) is 57.2 Å². The van der Waals surface area contributed by atoms with Crippen molar-refractivity contribution < 1.29 is 19.1 Å². The topological polar surface area (TPSA) is 116 Å². The Morgan fingerprint density at radius 1 is 0.912 bits per heavy atom. The number of pyridine rings is 1. The Kier molecular flexibility index (Phi) is 11.3. The average molecular weight is 471 g/mol. The summed E-state index contributed by atoms with van der Waals surface area (Å²) in [6.45, 7) is 7.16. The largest absolute Gasteiger partial charge is 0.489 e. The summed E-state index contributed by atoms with van der Waals surface area (Å²) >= 11 is 0. The fraction of sp³-hybridized carbons (Fsp3) is 0.500. The van der Waals surface area contributed by atoms with Crippen molar-refractivity contribution in [3.63, 3.8) is 0 Å². The molecule has 2 rings (SSSR count). The molecule has 1 atom stereocenters. The smallest absolute Gasteiger partial charge is 0.407 e.